The fourth-order valence-electron chi connectivity index (χ4n) is 2.11. The van der Waals surface area contributed by atoms with Crippen LogP contribution in [0.3, 0.4) is 0 Å². The number of carbonyl (C=O) groups is 1. The molecule has 1 amide bonds. The van der Waals surface area contributed by atoms with Crippen molar-refractivity contribution in [3.05, 3.63) is 65.6 Å². The molecular formula is C13H8Br2N8O5. The summed E-state index contributed by atoms with van der Waals surface area (Å²) in [5.74, 6) is -1.10. The first-order valence-corrected chi connectivity index (χ1v) is 8.85. The number of amides is 1. The molecule has 3 rings (SSSR count). The number of aromatic nitrogens is 5. The van der Waals surface area contributed by atoms with E-state index in [1.165, 1.54) is 40.1 Å². The second-order valence-electron chi connectivity index (χ2n) is 5.22. The number of anilines is 1. The summed E-state index contributed by atoms with van der Waals surface area (Å²) in [5, 5.41) is 31.8. The van der Waals surface area contributed by atoms with E-state index in [0.29, 0.717) is 14.6 Å². The molecule has 15 heteroatoms. The van der Waals surface area contributed by atoms with Gasteiger partial charge in [-0.25, -0.2) is 4.68 Å². The quantitative estimate of drug-likeness (QED) is 0.386. The number of nitro benzene ring substituents is 1. The lowest BCUT2D eigenvalue weighted by atomic mass is 10.2. The molecule has 28 heavy (non-hydrogen) atoms. The summed E-state index contributed by atoms with van der Waals surface area (Å²) in [6, 6.07) is 3.96. The number of non-ortho nitro benzene ring substituents is 1. The van der Waals surface area contributed by atoms with Crippen LogP contribution in [0.4, 0.5) is 17.3 Å². The second-order valence-corrected chi connectivity index (χ2v) is 6.93. The average molecular weight is 516 g/mol. The summed E-state index contributed by atoms with van der Waals surface area (Å²) in [6.45, 7) is 0.0129. The van der Waals surface area contributed by atoms with Crippen LogP contribution in [0, 0.1) is 20.2 Å². The third-order valence-electron chi connectivity index (χ3n) is 3.33. The van der Waals surface area contributed by atoms with Gasteiger partial charge in [-0.15, -0.1) is 0 Å². The number of nitrogens with one attached hydrogen (secondary N) is 1. The Morgan fingerprint density at radius 3 is 2.36 bits per heavy atom. The van der Waals surface area contributed by atoms with Gasteiger partial charge in [0.15, 0.2) is 12.4 Å². The molecule has 0 aliphatic rings. The first kappa shape index (κ1) is 19.6. The number of rotatable bonds is 6. The smallest absolute Gasteiger partial charge is 0.390 e. The molecule has 0 saturated heterocycles. The standard InChI is InChI=1S/C13H8Br2N8O5/c14-8-3-7(22(25)26)4-9(15)11(8)17-12(24)10-1-2-20(18-10)6-21-5-16-13(19-21)23(27)28/h1-5H,6H2,(H,17,24). The molecule has 13 nitrogen and oxygen atoms in total. The molecule has 3 aromatic rings. The van der Waals surface area contributed by atoms with Crippen LogP contribution in [0.2, 0.25) is 0 Å². The Hall–Kier alpha value is -3.20. The Morgan fingerprint density at radius 1 is 1.11 bits per heavy atom. The zero-order valence-electron chi connectivity index (χ0n) is 13.5. The zero-order valence-corrected chi connectivity index (χ0v) is 16.7. The molecule has 0 unspecified atom stereocenters. The summed E-state index contributed by atoms with van der Waals surface area (Å²) in [6.07, 6.45) is 2.66. The number of carbonyl (C=O) groups excluding carboxylic acids is 1. The van der Waals surface area contributed by atoms with Crippen molar-refractivity contribution in [1.29, 1.82) is 0 Å². The third kappa shape index (κ3) is 4.20. The number of nitrogens with zero attached hydrogens (tertiary/aromatic N) is 7. The van der Waals surface area contributed by atoms with Crippen molar-refractivity contribution >= 4 is 55.1 Å². The molecule has 0 aliphatic carbocycles. The molecule has 0 aliphatic heterocycles. The van der Waals surface area contributed by atoms with Crippen molar-refractivity contribution in [3.8, 4) is 0 Å². The van der Waals surface area contributed by atoms with E-state index < -0.39 is 21.7 Å². The van der Waals surface area contributed by atoms with Gasteiger partial charge in [-0.3, -0.25) is 14.9 Å². The Morgan fingerprint density at radius 2 is 1.79 bits per heavy atom. The SMILES string of the molecule is O=C(Nc1c(Br)cc([N+](=O)[O-])cc1Br)c1ccn(Cn2cnc([N+](=O)[O-])n2)n1. The molecular weight excluding hydrogens is 508 g/mol. The van der Waals surface area contributed by atoms with E-state index in [1.54, 1.807) is 0 Å². The van der Waals surface area contributed by atoms with Gasteiger partial charge >= 0.3 is 5.95 Å². The van der Waals surface area contributed by atoms with Crippen molar-refractivity contribution in [2.75, 3.05) is 5.32 Å². The van der Waals surface area contributed by atoms with E-state index in [1.807, 2.05) is 0 Å². The van der Waals surface area contributed by atoms with E-state index >= 15 is 0 Å². The topological polar surface area (TPSA) is 164 Å². The third-order valence-corrected chi connectivity index (χ3v) is 4.58. The predicted octanol–water partition coefficient (Wildman–Crippen LogP) is 2.57. The maximum Gasteiger partial charge on any atom is 0.491 e. The Balaban J connectivity index is 1.74. The summed E-state index contributed by atoms with van der Waals surface area (Å²) >= 11 is 6.36. The molecule has 0 saturated carbocycles. The Labute approximate surface area is 171 Å². The molecule has 1 aromatic carbocycles. The highest BCUT2D eigenvalue weighted by Gasteiger charge is 2.18. The lowest BCUT2D eigenvalue weighted by Gasteiger charge is -2.08. The predicted molar refractivity (Wildman–Crippen MR) is 101 cm³/mol. The van der Waals surface area contributed by atoms with Crippen LogP contribution < -0.4 is 5.32 Å². The molecule has 0 bridgehead atoms. The van der Waals surface area contributed by atoms with E-state index in [9.17, 15) is 25.0 Å². The van der Waals surface area contributed by atoms with E-state index in [-0.39, 0.29) is 18.1 Å². The summed E-state index contributed by atoms with van der Waals surface area (Å²) < 4.78 is 3.16. The van der Waals surface area contributed by atoms with E-state index in [4.69, 9.17) is 0 Å². The monoisotopic (exact) mass is 514 g/mol. The van der Waals surface area contributed by atoms with Crippen molar-refractivity contribution in [2.45, 2.75) is 6.67 Å². The van der Waals surface area contributed by atoms with Gasteiger partial charge in [0.2, 0.25) is 6.33 Å². The van der Waals surface area contributed by atoms with Crippen LogP contribution >= 0.6 is 31.9 Å². The zero-order chi connectivity index (χ0) is 20.4. The first-order valence-electron chi connectivity index (χ1n) is 7.26. The number of hydrogen-bond donors (Lipinski definition) is 1. The molecule has 0 spiro atoms. The highest BCUT2D eigenvalue weighted by molar-refractivity contribution is 9.11. The summed E-state index contributed by atoms with van der Waals surface area (Å²) in [4.78, 5) is 36.1. The maximum atomic E-state index is 12.4. The Bertz CT molecular complexity index is 1070. The van der Waals surface area contributed by atoms with Gasteiger partial charge in [0.1, 0.15) is 0 Å². The minimum Gasteiger partial charge on any atom is -0.390 e. The van der Waals surface area contributed by atoms with E-state index in [2.05, 4.69) is 52.4 Å². The number of benzene rings is 1. The second kappa shape index (κ2) is 7.81. The Kier molecular flexibility index (Phi) is 5.46. The number of hydrogen-bond acceptors (Lipinski definition) is 8. The highest BCUT2D eigenvalue weighted by Crippen LogP contribution is 2.35. The maximum absolute atomic E-state index is 12.4. The van der Waals surface area contributed by atoms with Gasteiger partial charge in [-0.1, -0.05) is 4.98 Å². The average Bonchev–Trinajstić information content (AvgIpc) is 3.27. The van der Waals surface area contributed by atoms with Crippen LogP contribution in [0.15, 0.2) is 39.7 Å². The van der Waals surface area contributed by atoms with Crippen LogP contribution in [0.5, 0.6) is 0 Å². The minimum absolute atomic E-state index is 0.0129. The van der Waals surface area contributed by atoms with Crippen LogP contribution in [0.25, 0.3) is 0 Å². The molecule has 0 radical (unpaired) electrons. The fourth-order valence-corrected chi connectivity index (χ4v) is 3.47. The lowest BCUT2D eigenvalue weighted by molar-refractivity contribution is -0.394. The van der Waals surface area contributed by atoms with Gasteiger partial charge in [0, 0.05) is 32.4 Å². The normalized spacial score (nSPS) is 10.6. The molecule has 0 atom stereocenters. The molecule has 2 aromatic heterocycles. The molecule has 1 N–H and O–H groups in total. The molecule has 144 valence electrons. The highest BCUT2D eigenvalue weighted by atomic mass is 79.9. The van der Waals surface area contributed by atoms with Gasteiger partial charge in [-0.05, 0) is 42.8 Å². The first-order chi connectivity index (χ1) is 13.2. The number of nitro groups is 2. The number of halogens is 2. The van der Waals surface area contributed by atoms with Gasteiger partial charge in [0.05, 0.1) is 10.6 Å². The van der Waals surface area contributed by atoms with Crippen molar-refractivity contribution in [3.63, 3.8) is 0 Å². The van der Waals surface area contributed by atoms with Crippen LogP contribution in [0.1, 0.15) is 10.5 Å². The van der Waals surface area contributed by atoms with Gasteiger partial charge < -0.3 is 15.4 Å². The minimum atomic E-state index is -0.724. The lowest BCUT2D eigenvalue weighted by Crippen LogP contribution is -2.15. The molecule has 2 heterocycles. The summed E-state index contributed by atoms with van der Waals surface area (Å²) in [5.41, 5.74) is 0.215. The van der Waals surface area contributed by atoms with Gasteiger partial charge in [-0.2, -0.15) is 9.78 Å². The fraction of sp³-hybridized carbons (Fsp3) is 0.0769. The van der Waals surface area contributed by atoms with E-state index in [0.717, 1.165) is 0 Å². The van der Waals surface area contributed by atoms with Crippen LogP contribution in [-0.2, 0) is 6.67 Å². The summed E-state index contributed by atoms with van der Waals surface area (Å²) in [7, 11) is 0. The van der Waals surface area contributed by atoms with Crippen molar-refractivity contribution in [1.82, 2.24) is 24.5 Å². The molecule has 0 fully saturated rings. The van der Waals surface area contributed by atoms with Crippen molar-refractivity contribution in [2.24, 2.45) is 0 Å². The van der Waals surface area contributed by atoms with Crippen LogP contribution in [-0.4, -0.2) is 40.3 Å². The van der Waals surface area contributed by atoms with Gasteiger partial charge in [0.25, 0.3) is 11.6 Å². The van der Waals surface area contributed by atoms with Crippen molar-refractivity contribution < 1.29 is 14.6 Å². The largest absolute Gasteiger partial charge is 0.491 e.